The molecule has 3 aromatic rings. The molecular formula is C20H21N5O4. The zero-order chi connectivity index (χ0) is 20.5. The average molecular weight is 395 g/mol. The van der Waals surface area contributed by atoms with Crippen molar-refractivity contribution in [2.75, 3.05) is 26.6 Å². The molecule has 9 heteroatoms. The molecule has 0 spiro atoms. The molecular weight excluding hydrogens is 374 g/mol. The highest BCUT2D eigenvalue weighted by Crippen LogP contribution is 2.44. The van der Waals surface area contributed by atoms with Gasteiger partial charge in [0.25, 0.3) is 0 Å². The molecule has 0 saturated heterocycles. The predicted octanol–water partition coefficient (Wildman–Crippen LogP) is 2.47. The van der Waals surface area contributed by atoms with Gasteiger partial charge in [-0.1, -0.05) is 0 Å². The molecule has 150 valence electrons. The third kappa shape index (κ3) is 3.24. The number of hydrogen-bond acceptors (Lipinski definition) is 7. The van der Waals surface area contributed by atoms with E-state index in [9.17, 15) is 4.79 Å². The van der Waals surface area contributed by atoms with Gasteiger partial charge in [-0.05, 0) is 31.2 Å². The summed E-state index contributed by atoms with van der Waals surface area (Å²) in [5.74, 6) is 2.49. The van der Waals surface area contributed by atoms with Crippen LogP contribution in [-0.2, 0) is 4.79 Å². The van der Waals surface area contributed by atoms with Gasteiger partial charge in [-0.3, -0.25) is 4.79 Å². The summed E-state index contributed by atoms with van der Waals surface area (Å²) in [6.45, 7) is 1.91. The topological polar surface area (TPSA) is 100 Å². The summed E-state index contributed by atoms with van der Waals surface area (Å²) in [5, 5.41) is 15.7. The number of aryl methyl sites for hydroxylation is 1. The fourth-order valence-corrected chi connectivity index (χ4v) is 3.63. The maximum atomic E-state index is 12.6. The van der Waals surface area contributed by atoms with Crippen LogP contribution in [0.3, 0.4) is 0 Å². The smallest absolute Gasteiger partial charge is 0.233 e. The monoisotopic (exact) mass is 395 g/mol. The molecule has 1 amide bonds. The lowest BCUT2D eigenvalue weighted by Gasteiger charge is -2.25. The van der Waals surface area contributed by atoms with E-state index in [1.807, 2.05) is 25.1 Å². The van der Waals surface area contributed by atoms with Crippen molar-refractivity contribution in [3.05, 3.63) is 47.2 Å². The van der Waals surface area contributed by atoms with E-state index in [0.29, 0.717) is 29.0 Å². The highest BCUT2D eigenvalue weighted by atomic mass is 16.5. The first-order chi connectivity index (χ1) is 14.0. The van der Waals surface area contributed by atoms with Gasteiger partial charge in [-0.2, -0.15) is 9.78 Å². The third-order valence-corrected chi connectivity index (χ3v) is 4.97. The van der Waals surface area contributed by atoms with Gasteiger partial charge >= 0.3 is 0 Å². The quantitative estimate of drug-likeness (QED) is 0.708. The molecule has 1 aliphatic rings. The number of methoxy groups -OCH3 is 3. The van der Waals surface area contributed by atoms with Crippen LogP contribution in [0.15, 0.2) is 30.3 Å². The van der Waals surface area contributed by atoms with Gasteiger partial charge in [0, 0.05) is 29.5 Å². The largest absolute Gasteiger partial charge is 0.497 e. The first kappa shape index (κ1) is 18.7. The van der Waals surface area contributed by atoms with Crippen LogP contribution < -0.4 is 19.5 Å². The number of fused-ring (bicyclic) bond motifs is 1. The van der Waals surface area contributed by atoms with Gasteiger partial charge in [0.15, 0.2) is 5.82 Å². The molecule has 29 heavy (non-hydrogen) atoms. The summed E-state index contributed by atoms with van der Waals surface area (Å²) >= 11 is 0. The second-order valence-electron chi connectivity index (χ2n) is 6.61. The lowest BCUT2D eigenvalue weighted by Crippen LogP contribution is -2.25. The van der Waals surface area contributed by atoms with Crippen molar-refractivity contribution >= 4 is 11.7 Å². The van der Waals surface area contributed by atoms with Gasteiger partial charge < -0.3 is 19.5 Å². The van der Waals surface area contributed by atoms with Crippen molar-refractivity contribution in [3.63, 3.8) is 0 Å². The summed E-state index contributed by atoms with van der Waals surface area (Å²) in [6.07, 6.45) is 0.275. The number of anilines is 1. The molecule has 0 bridgehead atoms. The standard InChI is InChI=1S/C20H21N5O4/c1-11-19-14(13-9-12(27-2)5-6-15(13)28-3)10-17(26)21-20(19)25(24-11)16-7-8-18(29-4)23-22-16/h5-9,14H,10H2,1-4H3,(H,21,26)/t14-/m1/s1. The van der Waals surface area contributed by atoms with E-state index in [-0.39, 0.29) is 18.2 Å². The highest BCUT2D eigenvalue weighted by molar-refractivity contribution is 5.95. The Hall–Kier alpha value is -3.62. The second kappa shape index (κ2) is 7.42. The number of rotatable bonds is 5. The first-order valence-electron chi connectivity index (χ1n) is 9.05. The van der Waals surface area contributed by atoms with Crippen LogP contribution in [0, 0.1) is 6.92 Å². The lowest BCUT2D eigenvalue weighted by molar-refractivity contribution is -0.116. The molecule has 1 aliphatic heterocycles. The van der Waals surface area contributed by atoms with Crippen molar-refractivity contribution in [1.29, 1.82) is 0 Å². The van der Waals surface area contributed by atoms with Crippen molar-refractivity contribution in [3.8, 4) is 23.2 Å². The Balaban J connectivity index is 1.86. The van der Waals surface area contributed by atoms with Gasteiger partial charge in [0.05, 0.1) is 27.0 Å². The normalized spacial score (nSPS) is 15.4. The Bertz CT molecular complexity index is 1060. The fourth-order valence-electron chi connectivity index (χ4n) is 3.63. The summed E-state index contributed by atoms with van der Waals surface area (Å²) in [6, 6.07) is 9.00. The molecule has 0 unspecified atom stereocenters. The number of nitrogens with zero attached hydrogens (tertiary/aromatic N) is 4. The molecule has 0 saturated carbocycles. The molecule has 0 aliphatic carbocycles. The Morgan fingerprint density at radius 3 is 2.55 bits per heavy atom. The van der Waals surface area contributed by atoms with Gasteiger partial charge in [0.1, 0.15) is 17.3 Å². The Morgan fingerprint density at radius 1 is 1.07 bits per heavy atom. The van der Waals surface area contributed by atoms with Crippen molar-refractivity contribution in [2.24, 2.45) is 0 Å². The SMILES string of the molecule is COc1ccc(OC)c([C@H]2CC(=O)Nc3c2c(C)nn3-c2ccc(OC)nn2)c1. The molecule has 3 heterocycles. The molecule has 1 N–H and O–H groups in total. The van der Waals surface area contributed by atoms with Crippen LogP contribution >= 0.6 is 0 Å². The van der Waals surface area contributed by atoms with Crippen LogP contribution in [0.25, 0.3) is 5.82 Å². The average Bonchev–Trinajstić information content (AvgIpc) is 3.08. The third-order valence-electron chi connectivity index (χ3n) is 4.97. The van der Waals surface area contributed by atoms with E-state index in [2.05, 4.69) is 20.6 Å². The Labute approximate surface area is 167 Å². The van der Waals surface area contributed by atoms with Crippen LogP contribution in [0.1, 0.15) is 29.2 Å². The maximum absolute atomic E-state index is 12.6. The molecule has 9 nitrogen and oxygen atoms in total. The van der Waals surface area contributed by atoms with E-state index in [1.165, 1.54) is 7.11 Å². The van der Waals surface area contributed by atoms with Crippen LogP contribution in [-0.4, -0.2) is 47.2 Å². The van der Waals surface area contributed by atoms with Gasteiger partial charge in [-0.15, -0.1) is 10.2 Å². The number of benzene rings is 1. The number of carbonyl (C=O) groups is 1. The van der Waals surface area contributed by atoms with E-state index in [0.717, 1.165) is 16.8 Å². The number of amides is 1. The minimum Gasteiger partial charge on any atom is -0.497 e. The Morgan fingerprint density at radius 2 is 1.90 bits per heavy atom. The number of ether oxygens (including phenoxy) is 3. The second-order valence-corrected chi connectivity index (χ2v) is 6.61. The molecule has 0 radical (unpaired) electrons. The highest BCUT2D eigenvalue weighted by Gasteiger charge is 2.34. The van der Waals surface area contributed by atoms with Gasteiger partial charge in [0.2, 0.25) is 11.8 Å². The molecule has 4 rings (SSSR count). The van der Waals surface area contributed by atoms with Crippen LogP contribution in [0.2, 0.25) is 0 Å². The zero-order valence-electron chi connectivity index (χ0n) is 16.6. The fraction of sp³-hybridized carbons (Fsp3) is 0.300. The zero-order valence-corrected chi connectivity index (χ0v) is 16.6. The van der Waals surface area contributed by atoms with E-state index in [4.69, 9.17) is 14.2 Å². The molecule has 1 aromatic carbocycles. The molecule has 0 fully saturated rings. The van der Waals surface area contributed by atoms with Gasteiger partial charge in [-0.25, -0.2) is 0 Å². The summed E-state index contributed by atoms with van der Waals surface area (Å²) < 4.78 is 17.6. The minimum absolute atomic E-state index is 0.116. The Kier molecular flexibility index (Phi) is 4.79. The summed E-state index contributed by atoms with van der Waals surface area (Å²) in [5.41, 5.74) is 2.56. The number of aromatic nitrogens is 4. The van der Waals surface area contributed by atoms with Crippen molar-refractivity contribution in [1.82, 2.24) is 20.0 Å². The number of hydrogen-bond donors (Lipinski definition) is 1. The minimum atomic E-state index is -0.233. The van der Waals surface area contributed by atoms with E-state index >= 15 is 0 Å². The molecule has 1 atom stereocenters. The first-order valence-corrected chi connectivity index (χ1v) is 9.05. The summed E-state index contributed by atoms with van der Waals surface area (Å²) in [4.78, 5) is 12.6. The van der Waals surface area contributed by atoms with Crippen LogP contribution in [0.4, 0.5) is 5.82 Å². The van der Waals surface area contributed by atoms with Crippen LogP contribution in [0.5, 0.6) is 17.4 Å². The predicted molar refractivity (Wildman–Crippen MR) is 105 cm³/mol. The summed E-state index contributed by atoms with van der Waals surface area (Å²) in [7, 11) is 4.74. The number of nitrogens with one attached hydrogen (secondary N) is 1. The number of carbonyl (C=O) groups excluding carboxylic acids is 1. The molecule has 2 aromatic heterocycles. The van der Waals surface area contributed by atoms with Crippen molar-refractivity contribution < 1.29 is 19.0 Å². The lowest BCUT2D eigenvalue weighted by atomic mass is 9.85. The maximum Gasteiger partial charge on any atom is 0.233 e. The van der Waals surface area contributed by atoms with Crippen molar-refractivity contribution in [2.45, 2.75) is 19.3 Å². The van der Waals surface area contributed by atoms with E-state index in [1.54, 1.807) is 31.0 Å². The van der Waals surface area contributed by atoms with E-state index < -0.39 is 0 Å².